The fourth-order valence-electron chi connectivity index (χ4n) is 2.63. The highest BCUT2D eigenvalue weighted by atomic mass is 32.2. The quantitative estimate of drug-likeness (QED) is 0.327. The van der Waals surface area contributed by atoms with Crippen LogP contribution in [0.3, 0.4) is 0 Å². The zero-order valence-electron chi connectivity index (χ0n) is 14.6. The number of thiol groups is 1. The monoisotopic (exact) mass is 414 g/mol. The van der Waals surface area contributed by atoms with Crippen LogP contribution in [0.5, 0.6) is 5.88 Å². The molecule has 2 aromatic heterocycles. The van der Waals surface area contributed by atoms with Gasteiger partial charge in [0.15, 0.2) is 0 Å². The highest BCUT2D eigenvalue weighted by molar-refractivity contribution is 8.10. The Balaban J connectivity index is 2.02. The first-order valence-corrected chi connectivity index (χ1v) is 10.1. The van der Waals surface area contributed by atoms with E-state index in [0.29, 0.717) is 11.8 Å². The Morgan fingerprint density at radius 2 is 1.89 bits per heavy atom. The van der Waals surface area contributed by atoms with Gasteiger partial charge in [-0.15, -0.1) is 11.8 Å². The number of aromatic nitrogens is 2. The Labute approximate surface area is 173 Å². The van der Waals surface area contributed by atoms with Crippen LogP contribution in [0.1, 0.15) is 16.5 Å². The summed E-state index contributed by atoms with van der Waals surface area (Å²) in [6.07, 6.45) is 3.59. The molecule has 0 aliphatic heterocycles. The zero-order valence-corrected chi connectivity index (χ0v) is 17.1. The van der Waals surface area contributed by atoms with E-state index in [1.807, 2.05) is 42.6 Å². The normalized spacial score (nSPS) is 11.6. The molecule has 3 rings (SSSR count). The average Bonchev–Trinajstić information content (AvgIpc) is 2.72. The second-order valence-corrected chi connectivity index (χ2v) is 7.64. The summed E-state index contributed by atoms with van der Waals surface area (Å²) < 4.78 is 11.1. The number of methoxy groups -OCH3 is 1. The first-order chi connectivity index (χ1) is 13.2. The van der Waals surface area contributed by atoms with Crippen LogP contribution in [0.25, 0.3) is 11.1 Å². The molecule has 0 bridgehead atoms. The van der Waals surface area contributed by atoms with Crippen LogP contribution in [-0.4, -0.2) is 27.4 Å². The molecule has 0 spiro atoms. The lowest BCUT2D eigenvalue weighted by molar-refractivity contribution is 0.392. The average molecular weight is 415 g/mol. The van der Waals surface area contributed by atoms with Crippen LogP contribution in [0.2, 0.25) is 0 Å². The number of hydrogen-bond acceptors (Lipinski definition) is 6. The van der Waals surface area contributed by atoms with Gasteiger partial charge in [-0.05, 0) is 36.0 Å². The van der Waals surface area contributed by atoms with Crippen molar-refractivity contribution in [2.75, 3.05) is 13.0 Å². The predicted octanol–water partition coefficient (Wildman–Crippen LogP) is 5.16. The first-order valence-electron chi connectivity index (χ1n) is 8.16. The lowest BCUT2D eigenvalue weighted by Gasteiger charge is -2.19. The molecule has 1 unspecified atom stereocenters. The number of thiocarbonyl (C=S) groups is 1. The Hall–Kier alpha value is -2.09. The number of hydrogen-bond donors (Lipinski definition) is 1. The Bertz CT molecular complexity index is 892. The van der Waals surface area contributed by atoms with Gasteiger partial charge in [0.2, 0.25) is 10.3 Å². The first kappa shape index (κ1) is 19.7. The lowest BCUT2D eigenvalue weighted by atomic mass is 10.0. The van der Waals surface area contributed by atoms with Crippen molar-refractivity contribution in [3.63, 3.8) is 0 Å². The maximum absolute atomic E-state index is 5.53. The minimum Gasteiger partial charge on any atom is -0.481 e. The molecule has 0 saturated heterocycles. The number of benzene rings is 1. The van der Waals surface area contributed by atoms with Crippen LogP contribution < -0.4 is 4.74 Å². The van der Waals surface area contributed by atoms with Gasteiger partial charge in [0, 0.05) is 23.5 Å². The van der Waals surface area contributed by atoms with Crippen molar-refractivity contribution >= 4 is 41.0 Å². The minimum atomic E-state index is -0.125. The van der Waals surface area contributed by atoms with Crippen molar-refractivity contribution < 1.29 is 9.47 Å². The third-order valence-corrected chi connectivity index (χ3v) is 5.16. The van der Waals surface area contributed by atoms with E-state index < -0.39 is 0 Å². The Morgan fingerprint density at radius 3 is 2.56 bits per heavy atom. The molecule has 7 heteroatoms. The van der Waals surface area contributed by atoms with Crippen LogP contribution in [0.4, 0.5) is 0 Å². The highest BCUT2D eigenvalue weighted by Gasteiger charge is 2.22. The van der Waals surface area contributed by atoms with Crippen molar-refractivity contribution in [3.8, 4) is 17.0 Å². The van der Waals surface area contributed by atoms with E-state index in [-0.39, 0.29) is 9.63 Å². The highest BCUT2D eigenvalue weighted by Crippen LogP contribution is 2.40. The van der Waals surface area contributed by atoms with Gasteiger partial charge in [0.1, 0.15) is 5.94 Å². The number of ether oxygens (including phenoxy) is 2. The Morgan fingerprint density at radius 1 is 1.11 bits per heavy atom. The van der Waals surface area contributed by atoms with Crippen LogP contribution in [-0.2, 0) is 4.74 Å². The zero-order chi connectivity index (χ0) is 19.1. The predicted molar refractivity (Wildman–Crippen MR) is 117 cm³/mol. The topological polar surface area (TPSA) is 44.2 Å². The Kier molecular flexibility index (Phi) is 7.09. The van der Waals surface area contributed by atoms with E-state index in [0.717, 1.165) is 22.4 Å². The summed E-state index contributed by atoms with van der Waals surface area (Å²) in [5.41, 5.74) is 3.92. The summed E-state index contributed by atoms with van der Waals surface area (Å²) >= 11 is 10.5. The van der Waals surface area contributed by atoms with Crippen molar-refractivity contribution in [2.24, 2.45) is 0 Å². The van der Waals surface area contributed by atoms with Gasteiger partial charge in [0.05, 0.1) is 18.1 Å². The molecule has 27 heavy (non-hydrogen) atoms. The number of nitrogens with zero attached hydrogens (tertiary/aromatic N) is 2. The molecule has 0 N–H and O–H groups in total. The third kappa shape index (κ3) is 5.22. The number of pyridine rings is 2. The van der Waals surface area contributed by atoms with E-state index in [2.05, 4.69) is 40.8 Å². The van der Waals surface area contributed by atoms with Crippen molar-refractivity contribution in [2.45, 2.75) is 5.25 Å². The van der Waals surface area contributed by atoms with Gasteiger partial charge in [0.25, 0.3) is 0 Å². The third-order valence-electron chi connectivity index (χ3n) is 3.84. The molecule has 0 aliphatic carbocycles. The van der Waals surface area contributed by atoms with Gasteiger partial charge in [-0.25, -0.2) is 4.98 Å². The van der Waals surface area contributed by atoms with E-state index in [1.165, 1.54) is 0 Å². The lowest BCUT2D eigenvalue weighted by Crippen LogP contribution is -2.06. The van der Waals surface area contributed by atoms with Gasteiger partial charge in [-0.2, -0.15) is 0 Å². The molecule has 0 saturated carbocycles. The second kappa shape index (κ2) is 9.73. The van der Waals surface area contributed by atoms with Gasteiger partial charge in [-0.1, -0.05) is 49.0 Å². The molecule has 1 aromatic carbocycles. The van der Waals surface area contributed by atoms with Gasteiger partial charge in [-0.3, -0.25) is 4.98 Å². The van der Waals surface area contributed by atoms with Crippen molar-refractivity contribution in [3.05, 3.63) is 78.2 Å². The molecule has 4 nitrogen and oxygen atoms in total. The number of rotatable bonds is 7. The van der Waals surface area contributed by atoms with E-state index in [9.17, 15) is 0 Å². The molecule has 0 radical (unpaired) electrons. The van der Waals surface area contributed by atoms with Crippen molar-refractivity contribution in [1.29, 1.82) is 0 Å². The maximum atomic E-state index is 5.53. The molecule has 1 atom stereocenters. The van der Waals surface area contributed by atoms with E-state index in [1.54, 1.807) is 25.1 Å². The molecular formula is C20H18N2O2S3. The van der Waals surface area contributed by atoms with Crippen LogP contribution in [0, 0.1) is 0 Å². The van der Waals surface area contributed by atoms with E-state index >= 15 is 0 Å². The summed E-state index contributed by atoms with van der Waals surface area (Å²) in [5, 5.41) is -0.125. The van der Waals surface area contributed by atoms with Gasteiger partial charge >= 0.3 is 0 Å². The standard InChI is InChI=1S/C20H18N2O2S3/c1-23-19-16(11-15(12-22-19)14-7-3-2-4-8-14)18(27-13-24-20(25)26)17-9-5-6-10-21-17/h2-12,18H,13H2,1H3,(H,25,26). The van der Waals surface area contributed by atoms with Gasteiger partial charge < -0.3 is 9.47 Å². The number of thioether (sulfide) groups is 1. The molecule has 3 aromatic rings. The van der Waals surface area contributed by atoms with Crippen LogP contribution in [0.15, 0.2) is 67.0 Å². The SMILES string of the molecule is COc1ncc(-c2ccccc2)cc1C(SCOC(=S)S)c1ccccn1. The molecule has 0 fully saturated rings. The fourth-order valence-corrected chi connectivity index (χ4v) is 3.90. The molecule has 0 amide bonds. The summed E-state index contributed by atoms with van der Waals surface area (Å²) in [4.78, 5) is 9.04. The van der Waals surface area contributed by atoms with E-state index in [4.69, 9.17) is 21.7 Å². The summed E-state index contributed by atoms with van der Waals surface area (Å²) in [7, 11) is 1.62. The molecule has 0 aliphatic rings. The smallest absolute Gasteiger partial charge is 0.217 e. The molecule has 138 valence electrons. The fraction of sp³-hybridized carbons (Fsp3) is 0.150. The minimum absolute atomic E-state index is 0.125. The van der Waals surface area contributed by atoms with Crippen LogP contribution >= 0.6 is 36.6 Å². The maximum Gasteiger partial charge on any atom is 0.217 e. The summed E-state index contributed by atoms with van der Waals surface area (Å²) in [5.74, 6) is 0.911. The summed E-state index contributed by atoms with van der Waals surface area (Å²) in [6, 6.07) is 18.0. The summed E-state index contributed by atoms with van der Waals surface area (Å²) in [6.45, 7) is 0. The van der Waals surface area contributed by atoms with Crippen molar-refractivity contribution in [1.82, 2.24) is 9.97 Å². The second-order valence-electron chi connectivity index (χ2n) is 5.52. The largest absolute Gasteiger partial charge is 0.481 e. The molecule has 2 heterocycles. The molecular weight excluding hydrogens is 396 g/mol.